The third-order valence-corrected chi connectivity index (χ3v) is 1.61. The molecule has 0 aromatic carbocycles. The Hall–Kier alpha value is -0.280. The van der Waals surface area contributed by atoms with Crippen LogP contribution in [-0.2, 0) is 4.79 Å². The van der Waals surface area contributed by atoms with Crippen LogP contribution in [0.4, 0.5) is 0 Å². The van der Waals surface area contributed by atoms with Gasteiger partial charge in [-0.25, -0.2) is 0 Å². The van der Waals surface area contributed by atoms with Crippen molar-refractivity contribution in [2.75, 3.05) is 6.54 Å². The second kappa shape index (κ2) is 4.52. The molecule has 0 aromatic heterocycles. The monoisotopic (exact) mass is 164 g/mol. The van der Waals surface area contributed by atoms with Gasteiger partial charge in [0.1, 0.15) is 0 Å². The summed E-state index contributed by atoms with van der Waals surface area (Å²) in [6, 6.07) is 0.242. The first-order valence-corrected chi connectivity index (χ1v) is 3.32. The highest BCUT2D eigenvalue weighted by molar-refractivity contribution is 5.85. The Balaban J connectivity index is 0.000000810. The van der Waals surface area contributed by atoms with E-state index in [1.807, 2.05) is 0 Å². The zero-order valence-electron chi connectivity index (χ0n) is 5.80. The molecule has 1 saturated heterocycles. The maximum Gasteiger partial charge on any atom is 0.220 e. The van der Waals surface area contributed by atoms with E-state index in [1.54, 1.807) is 0 Å². The van der Waals surface area contributed by atoms with Crippen molar-refractivity contribution in [1.29, 1.82) is 0 Å². The van der Waals surface area contributed by atoms with E-state index >= 15 is 0 Å². The second-order valence-electron chi connectivity index (χ2n) is 2.39. The maximum atomic E-state index is 10.7. The van der Waals surface area contributed by atoms with Crippen LogP contribution in [0, 0.1) is 0 Å². The fourth-order valence-corrected chi connectivity index (χ4v) is 1.06. The van der Waals surface area contributed by atoms with Gasteiger partial charge in [-0.3, -0.25) is 4.79 Å². The van der Waals surface area contributed by atoms with Crippen LogP contribution >= 0.6 is 12.4 Å². The van der Waals surface area contributed by atoms with E-state index < -0.39 is 0 Å². The lowest BCUT2D eigenvalue weighted by Crippen LogP contribution is -2.43. The van der Waals surface area contributed by atoms with Gasteiger partial charge in [-0.2, -0.15) is 0 Å². The van der Waals surface area contributed by atoms with E-state index in [1.165, 1.54) is 0 Å². The lowest BCUT2D eigenvalue weighted by atomic mass is 10.1. The number of hydrogen-bond acceptors (Lipinski definition) is 2. The third kappa shape index (κ3) is 2.54. The lowest BCUT2D eigenvalue weighted by Gasteiger charge is -2.20. The second-order valence-corrected chi connectivity index (χ2v) is 2.39. The molecule has 1 heterocycles. The largest absolute Gasteiger partial charge is 0.352 e. The Morgan fingerprint density at radius 3 is 2.80 bits per heavy atom. The van der Waals surface area contributed by atoms with Crippen LogP contribution in [0.25, 0.3) is 0 Å². The Morgan fingerprint density at radius 2 is 2.40 bits per heavy atom. The minimum atomic E-state index is 0. The summed E-state index contributed by atoms with van der Waals surface area (Å²) in [5.41, 5.74) is 5.35. The molecule has 1 aliphatic rings. The summed E-state index contributed by atoms with van der Waals surface area (Å²) >= 11 is 0. The van der Waals surface area contributed by atoms with Crippen molar-refractivity contribution in [2.24, 2.45) is 5.73 Å². The number of carbonyl (C=O) groups excluding carboxylic acids is 1. The Kier molecular flexibility index (Phi) is 4.40. The SMILES string of the molecule is Cl.NCC1CCCC(=O)N1. The van der Waals surface area contributed by atoms with Gasteiger partial charge in [0.05, 0.1) is 0 Å². The maximum absolute atomic E-state index is 10.7. The van der Waals surface area contributed by atoms with Crippen LogP contribution in [0.1, 0.15) is 19.3 Å². The molecule has 4 heteroatoms. The van der Waals surface area contributed by atoms with E-state index in [0.717, 1.165) is 12.8 Å². The number of amides is 1. The Morgan fingerprint density at radius 1 is 1.70 bits per heavy atom. The van der Waals surface area contributed by atoms with Crippen molar-refractivity contribution >= 4 is 18.3 Å². The van der Waals surface area contributed by atoms with E-state index in [9.17, 15) is 4.79 Å². The average Bonchev–Trinajstić information content (AvgIpc) is 1.88. The van der Waals surface area contributed by atoms with E-state index in [-0.39, 0.29) is 24.4 Å². The fraction of sp³-hybridized carbons (Fsp3) is 0.833. The number of nitrogens with one attached hydrogen (secondary N) is 1. The van der Waals surface area contributed by atoms with Gasteiger partial charge >= 0.3 is 0 Å². The zero-order chi connectivity index (χ0) is 6.69. The van der Waals surface area contributed by atoms with Gasteiger partial charge in [0.15, 0.2) is 0 Å². The molecule has 0 radical (unpaired) electrons. The first-order chi connectivity index (χ1) is 4.33. The van der Waals surface area contributed by atoms with Crippen molar-refractivity contribution in [3.63, 3.8) is 0 Å². The van der Waals surface area contributed by atoms with Crippen LogP contribution in [0.15, 0.2) is 0 Å². The van der Waals surface area contributed by atoms with E-state index in [0.29, 0.717) is 13.0 Å². The number of halogens is 1. The van der Waals surface area contributed by atoms with Crippen molar-refractivity contribution in [1.82, 2.24) is 5.32 Å². The van der Waals surface area contributed by atoms with Crippen LogP contribution in [0.3, 0.4) is 0 Å². The first kappa shape index (κ1) is 9.72. The zero-order valence-corrected chi connectivity index (χ0v) is 6.62. The fourth-order valence-electron chi connectivity index (χ4n) is 1.06. The molecule has 0 spiro atoms. The van der Waals surface area contributed by atoms with Crippen LogP contribution < -0.4 is 11.1 Å². The number of nitrogens with two attached hydrogens (primary N) is 1. The Bertz CT molecular complexity index is 118. The van der Waals surface area contributed by atoms with Crippen molar-refractivity contribution in [3.05, 3.63) is 0 Å². The highest BCUT2D eigenvalue weighted by atomic mass is 35.5. The van der Waals surface area contributed by atoms with E-state index in [4.69, 9.17) is 5.73 Å². The average molecular weight is 165 g/mol. The first-order valence-electron chi connectivity index (χ1n) is 3.32. The van der Waals surface area contributed by atoms with Crippen molar-refractivity contribution in [3.8, 4) is 0 Å². The minimum absolute atomic E-state index is 0. The molecular weight excluding hydrogens is 152 g/mol. The molecule has 1 amide bonds. The van der Waals surface area contributed by atoms with Crippen LogP contribution in [0.2, 0.25) is 0 Å². The molecule has 1 fully saturated rings. The van der Waals surface area contributed by atoms with Gasteiger partial charge in [-0.1, -0.05) is 0 Å². The molecule has 0 aliphatic carbocycles. The molecule has 3 N–H and O–H groups in total. The highest BCUT2D eigenvalue weighted by Crippen LogP contribution is 2.05. The van der Waals surface area contributed by atoms with Crippen LogP contribution in [-0.4, -0.2) is 18.5 Å². The smallest absolute Gasteiger partial charge is 0.220 e. The lowest BCUT2D eigenvalue weighted by molar-refractivity contribution is -0.123. The van der Waals surface area contributed by atoms with Crippen molar-refractivity contribution in [2.45, 2.75) is 25.3 Å². The molecule has 1 rings (SSSR count). The summed E-state index contributed by atoms with van der Waals surface area (Å²) < 4.78 is 0. The summed E-state index contributed by atoms with van der Waals surface area (Å²) in [6.07, 6.45) is 2.71. The number of carbonyl (C=O) groups is 1. The third-order valence-electron chi connectivity index (χ3n) is 1.61. The van der Waals surface area contributed by atoms with Gasteiger partial charge in [0, 0.05) is 19.0 Å². The summed E-state index contributed by atoms with van der Waals surface area (Å²) in [7, 11) is 0. The topological polar surface area (TPSA) is 55.1 Å². The van der Waals surface area contributed by atoms with Gasteiger partial charge in [0.2, 0.25) is 5.91 Å². The molecule has 3 nitrogen and oxygen atoms in total. The normalized spacial score (nSPS) is 24.9. The molecule has 1 atom stereocenters. The van der Waals surface area contributed by atoms with Gasteiger partial charge in [0.25, 0.3) is 0 Å². The standard InChI is InChI=1S/C6H12N2O.ClH/c7-4-5-2-1-3-6(9)8-5;/h5H,1-4,7H2,(H,8,9);1H. The molecular formula is C6H13ClN2O. The summed E-state index contributed by atoms with van der Waals surface area (Å²) in [5.74, 6) is 0.150. The molecule has 1 unspecified atom stereocenters. The molecule has 10 heavy (non-hydrogen) atoms. The summed E-state index contributed by atoms with van der Waals surface area (Å²) in [5, 5.41) is 2.80. The highest BCUT2D eigenvalue weighted by Gasteiger charge is 2.15. The number of piperidine rings is 1. The predicted octanol–water partition coefficient (Wildman–Crippen LogP) is 0.0356. The number of rotatable bonds is 1. The Labute approximate surface area is 66.8 Å². The molecule has 1 aliphatic heterocycles. The number of hydrogen-bond donors (Lipinski definition) is 2. The van der Waals surface area contributed by atoms with Gasteiger partial charge < -0.3 is 11.1 Å². The van der Waals surface area contributed by atoms with E-state index in [2.05, 4.69) is 5.32 Å². The molecule has 0 saturated carbocycles. The van der Waals surface area contributed by atoms with Crippen LogP contribution in [0.5, 0.6) is 0 Å². The quantitative estimate of drug-likeness (QED) is 0.575. The molecule has 60 valence electrons. The van der Waals surface area contributed by atoms with Crippen molar-refractivity contribution < 1.29 is 4.79 Å². The summed E-state index contributed by atoms with van der Waals surface area (Å²) in [6.45, 7) is 0.575. The predicted molar refractivity (Wildman–Crippen MR) is 42.1 cm³/mol. The molecule has 0 aromatic rings. The minimum Gasteiger partial charge on any atom is -0.352 e. The molecule has 0 bridgehead atoms. The van der Waals surface area contributed by atoms with Gasteiger partial charge in [-0.15, -0.1) is 12.4 Å². The van der Waals surface area contributed by atoms with Gasteiger partial charge in [-0.05, 0) is 12.8 Å². The summed E-state index contributed by atoms with van der Waals surface area (Å²) in [4.78, 5) is 10.7.